The summed E-state index contributed by atoms with van der Waals surface area (Å²) in [6, 6.07) is 6.70. The van der Waals surface area contributed by atoms with Crippen LogP contribution in [-0.4, -0.2) is 32.8 Å². The molecular weight excluding hydrogens is 343 g/mol. The number of hydroxylamine groups is 2. The Kier molecular flexibility index (Phi) is 3.74. The first kappa shape index (κ1) is 16.6. The second kappa shape index (κ2) is 5.65. The van der Waals surface area contributed by atoms with Gasteiger partial charge in [-0.05, 0) is 25.1 Å². The minimum Gasteiger partial charge on any atom is -0.323 e. The van der Waals surface area contributed by atoms with Crippen molar-refractivity contribution in [3.63, 3.8) is 0 Å². The van der Waals surface area contributed by atoms with Gasteiger partial charge in [-0.2, -0.15) is 13.2 Å². The Labute approximate surface area is 138 Å². The van der Waals surface area contributed by atoms with Crippen molar-refractivity contribution in [1.29, 1.82) is 0 Å². The maximum Gasteiger partial charge on any atom is 0.451 e. The van der Waals surface area contributed by atoms with Gasteiger partial charge in [0.2, 0.25) is 5.82 Å². The van der Waals surface area contributed by atoms with Crippen LogP contribution in [0.4, 0.5) is 13.2 Å². The zero-order valence-electron chi connectivity index (χ0n) is 12.5. The molecule has 2 heterocycles. The molecule has 0 saturated carbocycles. The van der Waals surface area contributed by atoms with Crippen LogP contribution >= 0.6 is 0 Å². The smallest absolute Gasteiger partial charge is 0.323 e. The SMILES string of the molecule is Cc1cc(C(=O)ON2C(=O)c3ccccc3C2=O)nc(C(F)(F)F)n1. The standard InChI is InChI=1S/C15H8F3N3O4/c1-7-6-10(20-14(19-7)15(16,17)18)13(24)25-21-11(22)8-4-2-3-5-9(8)12(21)23/h2-6H,1H3. The van der Waals surface area contributed by atoms with E-state index in [2.05, 4.69) is 14.8 Å². The lowest BCUT2D eigenvalue weighted by Crippen LogP contribution is -2.33. The van der Waals surface area contributed by atoms with Crippen molar-refractivity contribution in [2.45, 2.75) is 13.1 Å². The summed E-state index contributed by atoms with van der Waals surface area (Å²) < 4.78 is 38.2. The number of hydrogen-bond donors (Lipinski definition) is 0. The van der Waals surface area contributed by atoms with Crippen LogP contribution in [-0.2, 0) is 11.0 Å². The number of amides is 2. The Morgan fingerprint density at radius 1 is 1.08 bits per heavy atom. The summed E-state index contributed by atoms with van der Waals surface area (Å²) >= 11 is 0. The second-order valence-electron chi connectivity index (χ2n) is 5.04. The first-order valence-electron chi connectivity index (χ1n) is 6.81. The highest BCUT2D eigenvalue weighted by Crippen LogP contribution is 2.27. The average Bonchev–Trinajstić information content (AvgIpc) is 2.79. The molecule has 1 aliphatic heterocycles. The molecule has 7 nitrogen and oxygen atoms in total. The molecule has 10 heteroatoms. The first-order chi connectivity index (χ1) is 11.7. The zero-order valence-corrected chi connectivity index (χ0v) is 12.5. The molecule has 3 rings (SSSR count). The van der Waals surface area contributed by atoms with Gasteiger partial charge in [-0.15, -0.1) is 0 Å². The lowest BCUT2D eigenvalue weighted by atomic mass is 10.1. The number of hydrogen-bond acceptors (Lipinski definition) is 6. The molecule has 0 radical (unpaired) electrons. The van der Waals surface area contributed by atoms with Crippen LogP contribution in [0.15, 0.2) is 30.3 Å². The fourth-order valence-corrected chi connectivity index (χ4v) is 2.18. The third-order valence-corrected chi connectivity index (χ3v) is 3.25. The van der Waals surface area contributed by atoms with Crippen molar-refractivity contribution in [2.75, 3.05) is 0 Å². The van der Waals surface area contributed by atoms with Crippen molar-refractivity contribution >= 4 is 17.8 Å². The van der Waals surface area contributed by atoms with E-state index in [4.69, 9.17) is 0 Å². The Morgan fingerprint density at radius 2 is 1.64 bits per heavy atom. The number of benzene rings is 1. The summed E-state index contributed by atoms with van der Waals surface area (Å²) in [6.07, 6.45) is -4.86. The van der Waals surface area contributed by atoms with Gasteiger partial charge in [0.25, 0.3) is 11.8 Å². The van der Waals surface area contributed by atoms with E-state index in [1.54, 1.807) is 0 Å². The molecule has 1 aromatic carbocycles. The fraction of sp³-hybridized carbons (Fsp3) is 0.133. The molecule has 0 aliphatic carbocycles. The van der Waals surface area contributed by atoms with Crippen LogP contribution in [0.1, 0.15) is 42.7 Å². The molecule has 0 atom stereocenters. The Hall–Kier alpha value is -3.30. The Morgan fingerprint density at radius 3 is 2.16 bits per heavy atom. The highest BCUT2D eigenvalue weighted by atomic mass is 19.4. The number of carbonyl (C=O) groups is 3. The van der Waals surface area contributed by atoms with Gasteiger partial charge < -0.3 is 4.84 Å². The molecule has 2 amide bonds. The number of nitrogens with zero attached hydrogens (tertiary/aromatic N) is 3. The summed E-state index contributed by atoms with van der Waals surface area (Å²) in [5.41, 5.74) is -0.807. The molecular formula is C15H8F3N3O4. The van der Waals surface area contributed by atoms with Crippen LogP contribution in [0, 0.1) is 6.92 Å². The van der Waals surface area contributed by atoms with Crippen molar-refractivity contribution in [1.82, 2.24) is 15.0 Å². The van der Waals surface area contributed by atoms with Gasteiger partial charge in [0.15, 0.2) is 5.69 Å². The van der Waals surface area contributed by atoms with Gasteiger partial charge in [0.1, 0.15) is 0 Å². The van der Waals surface area contributed by atoms with Crippen molar-refractivity contribution in [3.05, 3.63) is 58.7 Å². The molecule has 25 heavy (non-hydrogen) atoms. The highest BCUT2D eigenvalue weighted by molar-refractivity contribution is 6.21. The van der Waals surface area contributed by atoms with Gasteiger partial charge >= 0.3 is 12.1 Å². The molecule has 2 aromatic rings. The average molecular weight is 351 g/mol. The normalized spacial score (nSPS) is 13.8. The monoisotopic (exact) mass is 351 g/mol. The minimum atomic E-state index is -4.86. The van der Waals surface area contributed by atoms with Crippen LogP contribution in [0.5, 0.6) is 0 Å². The molecule has 0 N–H and O–H groups in total. The number of carbonyl (C=O) groups excluding carboxylic acids is 3. The zero-order chi connectivity index (χ0) is 18.4. The highest BCUT2D eigenvalue weighted by Gasteiger charge is 2.40. The predicted octanol–water partition coefficient (Wildman–Crippen LogP) is 2.17. The second-order valence-corrected chi connectivity index (χ2v) is 5.04. The van der Waals surface area contributed by atoms with E-state index in [-0.39, 0.29) is 21.9 Å². The summed E-state index contributed by atoms with van der Waals surface area (Å²) in [7, 11) is 0. The summed E-state index contributed by atoms with van der Waals surface area (Å²) in [4.78, 5) is 47.2. The number of aromatic nitrogens is 2. The largest absolute Gasteiger partial charge is 0.451 e. The topological polar surface area (TPSA) is 89.5 Å². The van der Waals surface area contributed by atoms with E-state index in [1.807, 2.05) is 0 Å². The molecule has 0 unspecified atom stereocenters. The van der Waals surface area contributed by atoms with Gasteiger partial charge in [-0.1, -0.05) is 17.2 Å². The van der Waals surface area contributed by atoms with Crippen LogP contribution in [0.2, 0.25) is 0 Å². The third kappa shape index (κ3) is 2.93. The van der Waals surface area contributed by atoms with Crippen LogP contribution in [0.25, 0.3) is 0 Å². The molecule has 128 valence electrons. The number of alkyl halides is 3. The molecule has 0 bridgehead atoms. The number of halogens is 3. The Bertz CT molecular complexity index is 876. The Balaban J connectivity index is 1.88. The van der Waals surface area contributed by atoms with Gasteiger partial charge in [-0.3, -0.25) is 9.59 Å². The van der Waals surface area contributed by atoms with Crippen molar-refractivity contribution in [3.8, 4) is 0 Å². The number of imide groups is 1. The van der Waals surface area contributed by atoms with Crippen LogP contribution < -0.4 is 0 Å². The third-order valence-electron chi connectivity index (χ3n) is 3.25. The van der Waals surface area contributed by atoms with E-state index >= 15 is 0 Å². The quantitative estimate of drug-likeness (QED) is 0.771. The number of aryl methyl sites for hydroxylation is 1. The number of rotatable bonds is 2. The fourth-order valence-electron chi connectivity index (χ4n) is 2.18. The van der Waals surface area contributed by atoms with Gasteiger partial charge in [0, 0.05) is 5.69 Å². The maximum absolute atomic E-state index is 12.7. The lowest BCUT2D eigenvalue weighted by molar-refractivity contribution is -0.145. The molecule has 0 fully saturated rings. The van der Waals surface area contributed by atoms with Crippen molar-refractivity contribution < 1.29 is 32.4 Å². The minimum absolute atomic E-state index is 0.0233. The first-order valence-corrected chi connectivity index (χ1v) is 6.81. The van der Waals surface area contributed by atoms with E-state index in [0.717, 1.165) is 6.07 Å². The van der Waals surface area contributed by atoms with Gasteiger partial charge in [-0.25, -0.2) is 14.8 Å². The summed E-state index contributed by atoms with van der Waals surface area (Å²) in [6.45, 7) is 1.23. The van der Waals surface area contributed by atoms with E-state index in [9.17, 15) is 27.6 Å². The molecule has 0 saturated heterocycles. The van der Waals surface area contributed by atoms with Crippen molar-refractivity contribution in [2.24, 2.45) is 0 Å². The van der Waals surface area contributed by atoms with E-state index < -0.39 is 35.5 Å². The van der Waals surface area contributed by atoms with Gasteiger partial charge in [0.05, 0.1) is 11.1 Å². The molecule has 0 spiro atoms. The summed E-state index contributed by atoms with van der Waals surface area (Å²) in [5, 5.41) is 0.192. The van der Waals surface area contributed by atoms with E-state index in [0.29, 0.717) is 0 Å². The van der Waals surface area contributed by atoms with E-state index in [1.165, 1.54) is 31.2 Å². The molecule has 1 aliphatic rings. The lowest BCUT2D eigenvalue weighted by Gasteiger charge is -2.13. The maximum atomic E-state index is 12.7. The predicted molar refractivity (Wildman–Crippen MR) is 74.1 cm³/mol. The molecule has 1 aromatic heterocycles. The number of fused-ring (bicyclic) bond motifs is 1. The summed E-state index contributed by atoms with van der Waals surface area (Å²) in [5.74, 6) is -4.70. The van der Waals surface area contributed by atoms with Crippen LogP contribution in [0.3, 0.4) is 0 Å².